The number of aromatic nitrogens is 2. The Balaban J connectivity index is 2.46. The van der Waals surface area contributed by atoms with E-state index in [0.29, 0.717) is 27.8 Å². The predicted molar refractivity (Wildman–Crippen MR) is 77.1 cm³/mol. The highest BCUT2D eigenvalue weighted by Crippen LogP contribution is 2.24. The Hall–Kier alpha value is -1.32. The van der Waals surface area contributed by atoms with Crippen LogP contribution in [0.4, 0.5) is 0 Å². The van der Waals surface area contributed by atoms with Gasteiger partial charge in [0.1, 0.15) is 5.69 Å². The van der Waals surface area contributed by atoms with Crippen LogP contribution in [0, 0.1) is 6.92 Å². The van der Waals surface area contributed by atoms with E-state index in [9.17, 15) is 4.79 Å². The van der Waals surface area contributed by atoms with Gasteiger partial charge in [0.15, 0.2) is 0 Å². The molecule has 100 valence electrons. The van der Waals surface area contributed by atoms with E-state index < -0.39 is 0 Å². The molecule has 0 aliphatic heterocycles. The third-order valence-electron chi connectivity index (χ3n) is 2.81. The molecule has 0 aliphatic rings. The van der Waals surface area contributed by atoms with Crippen molar-refractivity contribution in [2.75, 3.05) is 0 Å². The molecule has 0 N–H and O–H groups in total. The van der Waals surface area contributed by atoms with Crippen LogP contribution in [0.1, 0.15) is 35.0 Å². The van der Waals surface area contributed by atoms with Crippen molar-refractivity contribution in [3.05, 3.63) is 51.3 Å². The zero-order chi connectivity index (χ0) is 14.0. The Bertz CT molecular complexity index is 620. The zero-order valence-electron chi connectivity index (χ0n) is 10.8. The smallest absolute Gasteiger partial charge is 0.214 e. The van der Waals surface area contributed by atoms with Gasteiger partial charge in [-0.25, -0.2) is 0 Å². The molecule has 0 saturated heterocycles. The molecular formula is C14H14Cl2N2O. The molecule has 1 aromatic carbocycles. The van der Waals surface area contributed by atoms with E-state index in [2.05, 4.69) is 5.10 Å². The summed E-state index contributed by atoms with van der Waals surface area (Å²) in [5.74, 6) is -0.194. The molecule has 0 radical (unpaired) electrons. The molecule has 0 unspecified atom stereocenters. The highest BCUT2D eigenvalue weighted by molar-refractivity contribution is 6.37. The van der Waals surface area contributed by atoms with Gasteiger partial charge in [0.2, 0.25) is 5.78 Å². The van der Waals surface area contributed by atoms with Crippen LogP contribution in [-0.4, -0.2) is 15.6 Å². The summed E-state index contributed by atoms with van der Waals surface area (Å²) in [5, 5.41) is 4.91. The normalized spacial score (nSPS) is 10.7. The van der Waals surface area contributed by atoms with Gasteiger partial charge in [-0.15, -0.1) is 0 Å². The molecule has 1 heterocycles. The summed E-state index contributed by atoms with van der Waals surface area (Å²) in [6.07, 6.45) is 2.37. The highest BCUT2D eigenvalue weighted by atomic mass is 35.5. The molecule has 0 fully saturated rings. The molecule has 5 heteroatoms. The molecule has 0 aliphatic carbocycles. The Labute approximate surface area is 122 Å². The number of nitrogens with zero attached hydrogens (tertiary/aromatic N) is 2. The summed E-state index contributed by atoms with van der Waals surface area (Å²) in [5.41, 5.74) is 1.86. The van der Waals surface area contributed by atoms with Gasteiger partial charge in [-0.05, 0) is 31.0 Å². The molecular weight excluding hydrogens is 283 g/mol. The summed E-state index contributed by atoms with van der Waals surface area (Å²) in [6.45, 7) is 4.59. The van der Waals surface area contributed by atoms with Gasteiger partial charge >= 0.3 is 0 Å². The number of carbonyl (C=O) groups is 1. The summed E-state index contributed by atoms with van der Waals surface area (Å²) >= 11 is 12.2. The summed E-state index contributed by atoms with van der Waals surface area (Å²) in [4.78, 5) is 12.5. The van der Waals surface area contributed by atoms with Gasteiger partial charge in [-0.2, -0.15) is 5.10 Å². The molecule has 19 heavy (non-hydrogen) atoms. The van der Waals surface area contributed by atoms with Crippen molar-refractivity contribution in [2.24, 2.45) is 0 Å². The molecule has 0 atom stereocenters. The Morgan fingerprint density at radius 2 is 2.05 bits per heavy atom. The van der Waals surface area contributed by atoms with Crippen molar-refractivity contribution in [3.8, 4) is 0 Å². The van der Waals surface area contributed by atoms with Crippen molar-refractivity contribution in [1.29, 1.82) is 0 Å². The quantitative estimate of drug-likeness (QED) is 0.795. The first-order valence-corrected chi connectivity index (χ1v) is 6.82. The Morgan fingerprint density at radius 3 is 2.68 bits per heavy atom. The predicted octanol–water partition coefficient (Wildman–Crippen LogP) is 4.14. The summed E-state index contributed by atoms with van der Waals surface area (Å²) in [6, 6.07) is 5.34. The van der Waals surface area contributed by atoms with Gasteiger partial charge in [0, 0.05) is 12.1 Å². The second-order valence-corrected chi connectivity index (χ2v) is 5.19. The first kappa shape index (κ1) is 14.1. The summed E-state index contributed by atoms with van der Waals surface area (Å²) < 4.78 is 1.63. The molecule has 0 amide bonds. The lowest BCUT2D eigenvalue weighted by Crippen LogP contribution is -2.12. The third kappa shape index (κ3) is 2.82. The number of ketones is 1. The Morgan fingerprint density at radius 1 is 1.32 bits per heavy atom. The minimum Gasteiger partial charge on any atom is -0.287 e. The van der Waals surface area contributed by atoms with Crippen molar-refractivity contribution >= 4 is 29.0 Å². The highest BCUT2D eigenvalue weighted by Gasteiger charge is 2.20. The first-order valence-electron chi connectivity index (χ1n) is 6.06. The molecule has 2 aromatic rings. The number of aryl methyl sites for hydroxylation is 2. The maximum absolute atomic E-state index is 12.5. The fraction of sp³-hybridized carbons (Fsp3) is 0.286. The van der Waals surface area contributed by atoms with Gasteiger partial charge in [0.25, 0.3) is 0 Å². The number of hydrogen-bond acceptors (Lipinski definition) is 2. The van der Waals surface area contributed by atoms with E-state index in [4.69, 9.17) is 23.2 Å². The average Bonchev–Trinajstić information content (AvgIpc) is 2.70. The van der Waals surface area contributed by atoms with Crippen LogP contribution >= 0.6 is 23.2 Å². The van der Waals surface area contributed by atoms with Crippen LogP contribution in [0.2, 0.25) is 10.0 Å². The van der Waals surface area contributed by atoms with E-state index in [1.807, 2.05) is 19.9 Å². The van der Waals surface area contributed by atoms with Crippen LogP contribution in [0.15, 0.2) is 24.4 Å². The molecule has 3 nitrogen and oxygen atoms in total. The van der Waals surface area contributed by atoms with Crippen LogP contribution in [0.3, 0.4) is 0 Å². The first-order chi connectivity index (χ1) is 9.04. The third-order valence-corrected chi connectivity index (χ3v) is 3.40. The topological polar surface area (TPSA) is 34.9 Å². The van der Waals surface area contributed by atoms with Crippen molar-refractivity contribution < 1.29 is 4.79 Å². The maximum atomic E-state index is 12.5. The van der Waals surface area contributed by atoms with Crippen LogP contribution in [0.25, 0.3) is 0 Å². The maximum Gasteiger partial charge on any atom is 0.214 e. The second-order valence-electron chi connectivity index (χ2n) is 4.38. The van der Waals surface area contributed by atoms with Crippen LogP contribution in [0.5, 0.6) is 0 Å². The minimum atomic E-state index is -0.194. The molecule has 0 spiro atoms. The molecule has 2 rings (SSSR count). The number of hydrogen-bond donors (Lipinski definition) is 0. The largest absolute Gasteiger partial charge is 0.287 e. The van der Waals surface area contributed by atoms with E-state index in [1.165, 1.54) is 6.20 Å². The van der Waals surface area contributed by atoms with Gasteiger partial charge in [0.05, 0.1) is 16.2 Å². The van der Waals surface area contributed by atoms with Crippen molar-refractivity contribution in [3.63, 3.8) is 0 Å². The molecule has 0 bridgehead atoms. The van der Waals surface area contributed by atoms with E-state index >= 15 is 0 Å². The van der Waals surface area contributed by atoms with Crippen molar-refractivity contribution in [1.82, 2.24) is 9.78 Å². The fourth-order valence-electron chi connectivity index (χ4n) is 1.90. The lowest BCUT2D eigenvalue weighted by molar-refractivity contribution is 0.102. The van der Waals surface area contributed by atoms with Gasteiger partial charge < -0.3 is 0 Å². The fourth-order valence-corrected chi connectivity index (χ4v) is 2.45. The number of halogens is 2. The molecule has 0 saturated carbocycles. The lowest BCUT2D eigenvalue weighted by Gasteiger charge is -2.08. The monoisotopic (exact) mass is 296 g/mol. The number of carbonyl (C=O) groups excluding carboxylic acids is 1. The number of rotatable bonds is 4. The van der Waals surface area contributed by atoms with Gasteiger partial charge in [-0.1, -0.05) is 36.2 Å². The minimum absolute atomic E-state index is 0.194. The SMILES string of the molecule is CCCn1ncc(Cl)c1C(=O)c1ccc(C)cc1Cl. The van der Waals surface area contributed by atoms with E-state index in [0.717, 1.165) is 12.0 Å². The summed E-state index contributed by atoms with van der Waals surface area (Å²) in [7, 11) is 0. The number of benzene rings is 1. The zero-order valence-corrected chi connectivity index (χ0v) is 12.3. The second kappa shape index (κ2) is 5.76. The lowest BCUT2D eigenvalue weighted by atomic mass is 10.1. The average molecular weight is 297 g/mol. The van der Waals surface area contributed by atoms with E-state index in [1.54, 1.807) is 16.8 Å². The molecule has 1 aromatic heterocycles. The standard InChI is InChI=1S/C14H14Cl2N2O/c1-3-6-18-13(12(16)8-17-18)14(19)10-5-4-9(2)7-11(10)15/h4-5,7-8H,3,6H2,1-2H3. The van der Waals surface area contributed by atoms with Crippen molar-refractivity contribution in [2.45, 2.75) is 26.8 Å². The van der Waals surface area contributed by atoms with Crippen LogP contribution in [-0.2, 0) is 6.54 Å². The van der Waals surface area contributed by atoms with E-state index in [-0.39, 0.29) is 5.78 Å². The Kier molecular flexibility index (Phi) is 4.27. The van der Waals surface area contributed by atoms with Gasteiger partial charge in [-0.3, -0.25) is 9.48 Å². The van der Waals surface area contributed by atoms with Crippen LogP contribution < -0.4 is 0 Å².